The van der Waals surface area contributed by atoms with Crippen LogP contribution in [-0.4, -0.2) is 21.5 Å². The monoisotopic (exact) mass is 256 g/mol. The lowest BCUT2D eigenvalue weighted by Crippen LogP contribution is -2.05. The van der Waals surface area contributed by atoms with E-state index in [1.54, 1.807) is 6.20 Å². The van der Waals surface area contributed by atoms with Gasteiger partial charge in [0.15, 0.2) is 5.82 Å². The van der Waals surface area contributed by atoms with Gasteiger partial charge in [-0.05, 0) is 37.5 Å². The fourth-order valence-electron chi connectivity index (χ4n) is 1.80. The van der Waals surface area contributed by atoms with Crippen LogP contribution in [0.2, 0.25) is 0 Å². The van der Waals surface area contributed by atoms with Crippen LogP contribution < -0.4 is 5.32 Å². The van der Waals surface area contributed by atoms with Gasteiger partial charge in [-0.15, -0.1) is 0 Å². The summed E-state index contributed by atoms with van der Waals surface area (Å²) in [4.78, 5) is 13.5. The van der Waals surface area contributed by atoms with Crippen molar-refractivity contribution in [1.82, 2.24) is 15.0 Å². The Morgan fingerprint density at radius 2 is 2.00 bits per heavy atom. The summed E-state index contributed by atoms with van der Waals surface area (Å²) in [6.45, 7) is 7.20. The number of nitrogens with zero attached hydrogens (tertiary/aromatic N) is 3. The smallest absolute Gasteiger partial charge is 0.180 e. The molecule has 2 aromatic rings. The van der Waals surface area contributed by atoms with Crippen molar-refractivity contribution in [3.8, 4) is 11.5 Å². The molecule has 4 heteroatoms. The van der Waals surface area contributed by atoms with E-state index in [0.717, 1.165) is 36.6 Å². The van der Waals surface area contributed by atoms with Crippen molar-refractivity contribution in [3.05, 3.63) is 35.7 Å². The SMILES string of the molecule is CCCNc1cc(CC)nc(-c2cc(C)ccn2)n1. The molecule has 0 atom stereocenters. The number of nitrogens with one attached hydrogen (secondary N) is 1. The minimum atomic E-state index is 0.696. The molecule has 0 saturated carbocycles. The number of anilines is 1. The first-order valence-corrected chi connectivity index (χ1v) is 6.77. The molecule has 19 heavy (non-hydrogen) atoms. The first kappa shape index (κ1) is 13.5. The van der Waals surface area contributed by atoms with E-state index in [1.807, 2.05) is 25.1 Å². The lowest BCUT2D eigenvalue weighted by atomic mass is 10.2. The summed E-state index contributed by atoms with van der Waals surface area (Å²) in [6, 6.07) is 6.00. The Bertz CT molecular complexity index is 552. The molecule has 0 radical (unpaired) electrons. The van der Waals surface area contributed by atoms with E-state index in [2.05, 4.69) is 34.1 Å². The highest BCUT2D eigenvalue weighted by Crippen LogP contribution is 2.17. The minimum Gasteiger partial charge on any atom is -0.370 e. The molecule has 2 rings (SSSR count). The summed E-state index contributed by atoms with van der Waals surface area (Å²) >= 11 is 0. The van der Waals surface area contributed by atoms with Gasteiger partial charge in [-0.1, -0.05) is 13.8 Å². The molecule has 0 spiro atoms. The van der Waals surface area contributed by atoms with Gasteiger partial charge in [-0.2, -0.15) is 0 Å². The van der Waals surface area contributed by atoms with Crippen LogP contribution in [0.1, 0.15) is 31.5 Å². The number of hydrogen-bond donors (Lipinski definition) is 1. The Morgan fingerprint density at radius 1 is 1.16 bits per heavy atom. The second-order valence-electron chi connectivity index (χ2n) is 4.57. The summed E-state index contributed by atoms with van der Waals surface area (Å²) < 4.78 is 0. The highest BCUT2D eigenvalue weighted by atomic mass is 15.0. The third kappa shape index (κ3) is 3.50. The van der Waals surface area contributed by atoms with Crippen LogP contribution in [0.4, 0.5) is 5.82 Å². The molecule has 0 aliphatic rings. The van der Waals surface area contributed by atoms with E-state index >= 15 is 0 Å². The highest BCUT2D eigenvalue weighted by molar-refractivity contribution is 5.53. The van der Waals surface area contributed by atoms with Gasteiger partial charge in [0.25, 0.3) is 0 Å². The fourth-order valence-corrected chi connectivity index (χ4v) is 1.80. The standard InChI is InChI=1S/C15H20N4/c1-4-7-17-14-10-12(5-2)18-15(19-14)13-9-11(3)6-8-16-13/h6,8-10H,4-5,7H2,1-3H3,(H,17,18,19). The summed E-state index contributed by atoms with van der Waals surface area (Å²) in [5.74, 6) is 1.58. The third-order valence-electron chi connectivity index (χ3n) is 2.84. The number of rotatable bonds is 5. The first-order chi connectivity index (χ1) is 9.22. The zero-order valence-corrected chi connectivity index (χ0v) is 11.8. The zero-order valence-electron chi connectivity index (χ0n) is 11.8. The molecule has 2 heterocycles. The quantitative estimate of drug-likeness (QED) is 0.892. The predicted molar refractivity (Wildman–Crippen MR) is 78.2 cm³/mol. The molecule has 4 nitrogen and oxygen atoms in total. The van der Waals surface area contributed by atoms with E-state index in [1.165, 1.54) is 5.56 Å². The van der Waals surface area contributed by atoms with Gasteiger partial charge in [0, 0.05) is 24.5 Å². The van der Waals surface area contributed by atoms with Gasteiger partial charge in [0.05, 0.1) is 0 Å². The van der Waals surface area contributed by atoms with Crippen molar-refractivity contribution in [2.45, 2.75) is 33.6 Å². The van der Waals surface area contributed by atoms with Gasteiger partial charge >= 0.3 is 0 Å². The highest BCUT2D eigenvalue weighted by Gasteiger charge is 2.07. The molecule has 0 bridgehead atoms. The second kappa shape index (κ2) is 6.27. The molecule has 100 valence electrons. The lowest BCUT2D eigenvalue weighted by molar-refractivity contribution is 0.948. The topological polar surface area (TPSA) is 50.7 Å². The Kier molecular flexibility index (Phi) is 4.44. The first-order valence-electron chi connectivity index (χ1n) is 6.77. The van der Waals surface area contributed by atoms with Crippen molar-refractivity contribution in [2.24, 2.45) is 0 Å². The number of aromatic nitrogens is 3. The molecule has 0 aliphatic heterocycles. The van der Waals surface area contributed by atoms with Crippen LogP contribution >= 0.6 is 0 Å². The van der Waals surface area contributed by atoms with E-state index < -0.39 is 0 Å². The lowest BCUT2D eigenvalue weighted by Gasteiger charge is -2.08. The van der Waals surface area contributed by atoms with Crippen molar-refractivity contribution in [1.29, 1.82) is 0 Å². The Morgan fingerprint density at radius 3 is 2.68 bits per heavy atom. The van der Waals surface area contributed by atoms with E-state index in [4.69, 9.17) is 0 Å². The largest absolute Gasteiger partial charge is 0.370 e. The van der Waals surface area contributed by atoms with Crippen LogP contribution in [0.3, 0.4) is 0 Å². The molecule has 0 unspecified atom stereocenters. The maximum atomic E-state index is 4.56. The van der Waals surface area contributed by atoms with Crippen LogP contribution in [-0.2, 0) is 6.42 Å². The van der Waals surface area contributed by atoms with Crippen molar-refractivity contribution >= 4 is 5.82 Å². The molecule has 0 aromatic carbocycles. The van der Waals surface area contributed by atoms with Gasteiger partial charge < -0.3 is 5.32 Å². The van der Waals surface area contributed by atoms with Crippen molar-refractivity contribution in [3.63, 3.8) is 0 Å². The van der Waals surface area contributed by atoms with E-state index in [0.29, 0.717) is 5.82 Å². The third-order valence-corrected chi connectivity index (χ3v) is 2.84. The van der Waals surface area contributed by atoms with Crippen LogP contribution in [0.25, 0.3) is 11.5 Å². The molecule has 2 aromatic heterocycles. The predicted octanol–water partition coefficient (Wildman–Crippen LogP) is 3.23. The number of aryl methyl sites for hydroxylation is 2. The molecule has 0 fully saturated rings. The van der Waals surface area contributed by atoms with E-state index in [-0.39, 0.29) is 0 Å². The van der Waals surface area contributed by atoms with Crippen molar-refractivity contribution < 1.29 is 0 Å². The Labute approximate surface area is 114 Å². The number of pyridine rings is 1. The Hall–Kier alpha value is -1.97. The van der Waals surface area contributed by atoms with Gasteiger partial charge in [-0.25, -0.2) is 9.97 Å². The van der Waals surface area contributed by atoms with Gasteiger partial charge in [-0.3, -0.25) is 4.98 Å². The summed E-state index contributed by atoms with van der Waals surface area (Å²) in [6.07, 6.45) is 3.76. The normalized spacial score (nSPS) is 10.5. The summed E-state index contributed by atoms with van der Waals surface area (Å²) in [5.41, 5.74) is 3.03. The molecular formula is C15H20N4. The van der Waals surface area contributed by atoms with Crippen LogP contribution in [0.5, 0.6) is 0 Å². The molecular weight excluding hydrogens is 236 g/mol. The number of hydrogen-bond acceptors (Lipinski definition) is 4. The summed E-state index contributed by atoms with van der Waals surface area (Å²) in [5, 5.41) is 3.31. The molecule has 0 saturated heterocycles. The average molecular weight is 256 g/mol. The molecule has 0 amide bonds. The minimum absolute atomic E-state index is 0.696. The van der Waals surface area contributed by atoms with Gasteiger partial charge in [0.1, 0.15) is 11.5 Å². The van der Waals surface area contributed by atoms with Gasteiger partial charge in [0.2, 0.25) is 0 Å². The Balaban J connectivity index is 2.38. The van der Waals surface area contributed by atoms with Crippen LogP contribution in [0.15, 0.2) is 24.4 Å². The zero-order chi connectivity index (χ0) is 13.7. The van der Waals surface area contributed by atoms with E-state index in [9.17, 15) is 0 Å². The second-order valence-corrected chi connectivity index (χ2v) is 4.57. The van der Waals surface area contributed by atoms with Crippen molar-refractivity contribution in [2.75, 3.05) is 11.9 Å². The van der Waals surface area contributed by atoms with Crippen LogP contribution in [0, 0.1) is 6.92 Å². The summed E-state index contributed by atoms with van der Waals surface area (Å²) in [7, 11) is 0. The maximum Gasteiger partial charge on any atom is 0.180 e. The molecule has 1 N–H and O–H groups in total. The maximum absolute atomic E-state index is 4.56. The molecule has 0 aliphatic carbocycles. The average Bonchev–Trinajstić information content (AvgIpc) is 2.44. The fraction of sp³-hybridized carbons (Fsp3) is 0.400.